The second-order valence-electron chi connectivity index (χ2n) is 4.69. The van der Waals surface area contributed by atoms with Gasteiger partial charge in [0.05, 0.1) is 0 Å². The molecule has 3 heteroatoms. The fraction of sp³-hybridized carbons (Fsp3) is 0.500. The van der Waals surface area contributed by atoms with Gasteiger partial charge in [0.1, 0.15) is 5.75 Å². The largest absolute Gasteiger partial charge is 0.427 e. The molecule has 2 rings (SSSR count). The molecule has 0 saturated carbocycles. The molecule has 0 bridgehead atoms. The summed E-state index contributed by atoms with van der Waals surface area (Å²) in [7, 11) is 0. The summed E-state index contributed by atoms with van der Waals surface area (Å²) in [6.45, 7) is 4.02. The number of benzene rings is 1. The van der Waals surface area contributed by atoms with Crippen LogP contribution in [-0.2, 0) is 4.79 Å². The van der Waals surface area contributed by atoms with E-state index in [1.807, 2.05) is 31.2 Å². The molecule has 0 aromatic heterocycles. The predicted molar refractivity (Wildman–Crippen MR) is 67.0 cm³/mol. The summed E-state index contributed by atoms with van der Waals surface area (Å²) in [5.74, 6) is 1.03. The Kier molecular flexibility index (Phi) is 4.15. The molecule has 1 heterocycles. The maximum atomic E-state index is 11.7. The van der Waals surface area contributed by atoms with Crippen LogP contribution in [0.4, 0.5) is 0 Å². The quantitative estimate of drug-likeness (QED) is 0.643. The SMILES string of the molecule is Cc1cccc(OC(=O)CC2CCNCC2)c1. The summed E-state index contributed by atoms with van der Waals surface area (Å²) < 4.78 is 5.34. The van der Waals surface area contributed by atoms with Crippen molar-refractivity contribution < 1.29 is 9.53 Å². The van der Waals surface area contributed by atoms with Gasteiger partial charge in [-0.05, 0) is 56.5 Å². The van der Waals surface area contributed by atoms with Crippen molar-refractivity contribution in [1.82, 2.24) is 5.32 Å². The van der Waals surface area contributed by atoms with E-state index in [4.69, 9.17) is 4.74 Å². The first-order valence-corrected chi connectivity index (χ1v) is 6.22. The highest BCUT2D eigenvalue weighted by Gasteiger charge is 2.17. The van der Waals surface area contributed by atoms with Gasteiger partial charge in [-0.3, -0.25) is 4.79 Å². The molecule has 17 heavy (non-hydrogen) atoms. The van der Waals surface area contributed by atoms with E-state index in [9.17, 15) is 4.79 Å². The van der Waals surface area contributed by atoms with Crippen LogP contribution in [0.2, 0.25) is 0 Å². The fourth-order valence-electron chi connectivity index (χ4n) is 2.17. The topological polar surface area (TPSA) is 38.3 Å². The predicted octanol–water partition coefficient (Wildman–Crippen LogP) is 2.29. The number of nitrogens with one attached hydrogen (secondary N) is 1. The Hall–Kier alpha value is -1.35. The lowest BCUT2D eigenvalue weighted by Gasteiger charge is -2.21. The molecule has 1 saturated heterocycles. The maximum Gasteiger partial charge on any atom is 0.311 e. The number of carbonyl (C=O) groups is 1. The molecule has 3 nitrogen and oxygen atoms in total. The van der Waals surface area contributed by atoms with E-state index in [1.165, 1.54) is 0 Å². The Labute approximate surface area is 102 Å². The lowest BCUT2D eigenvalue weighted by Crippen LogP contribution is -2.29. The van der Waals surface area contributed by atoms with E-state index in [2.05, 4.69) is 5.32 Å². The number of hydrogen-bond acceptors (Lipinski definition) is 3. The third kappa shape index (κ3) is 3.86. The minimum atomic E-state index is -0.109. The smallest absolute Gasteiger partial charge is 0.311 e. The van der Waals surface area contributed by atoms with Gasteiger partial charge in [0.2, 0.25) is 0 Å². The number of carbonyl (C=O) groups excluding carboxylic acids is 1. The van der Waals surface area contributed by atoms with Crippen molar-refractivity contribution in [1.29, 1.82) is 0 Å². The Bertz CT molecular complexity index is 384. The Balaban J connectivity index is 1.84. The summed E-state index contributed by atoms with van der Waals surface area (Å²) >= 11 is 0. The number of ether oxygens (including phenoxy) is 1. The number of aryl methyl sites for hydroxylation is 1. The van der Waals surface area contributed by atoms with E-state index in [-0.39, 0.29) is 5.97 Å². The molecule has 1 aromatic carbocycles. The van der Waals surface area contributed by atoms with Crippen molar-refractivity contribution in [3.8, 4) is 5.75 Å². The van der Waals surface area contributed by atoms with Crippen molar-refractivity contribution in [2.45, 2.75) is 26.2 Å². The highest BCUT2D eigenvalue weighted by atomic mass is 16.5. The van der Waals surface area contributed by atoms with E-state index < -0.39 is 0 Å². The zero-order valence-electron chi connectivity index (χ0n) is 10.2. The molecule has 1 aromatic rings. The summed E-state index contributed by atoms with van der Waals surface area (Å²) in [6, 6.07) is 7.61. The van der Waals surface area contributed by atoms with Gasteiger partial charge in [0.15, 0.2) is 0 Å². The van der Waals surface area contributed by atoms with Crippen LogP contribution in [0.3, 0.4) is 0 Å². The van der Waals surface area contributed by atoms with Crippen LogP contribution < -0.4 is 10.1 Å². The summed E-state index contributed by atoms with van der Waals surface area (Å²) in [5.41, 5.74) is 1.11. The van der Waals surface area contributed by atoms with Crippen molar-refractivity contribution in [3.63, 3.8) is 0 Å². The molecule has 0 spiro atoms. The van der Waals surface area contributed by atoms with Gasteiger partial charge in [-0.25, -0.2) is 0 Å². The van der Waals surface area contributed by atoms with E-state index in [0.29, 0.717) is 18.1 Å². The lowest BCUT2D eigenvalue weighted by molar-refractivity contribution is -0.135. The third-order valence-corrected chi connectivity index (χ3v) is 3.14. The van der Waals surface area contributed by atoms with Gasteiger partial charge >= 0.3 is 5.97 Å². The molecule has 0 radical (unpaired) electrons. The molecule has 1 aliphatic heterocycles. The molecule has 0 unspecified atom stereocenters. The normalized spacial score (nSPS) is 16.8. The number of hydrogen-bond donors (Lipinski definition) is 1. The van der Waals surface area contributed by atoms with Crippen molar-refractivity contribution >= 4 is 5.97 Å². The highest BCUT2D eigenvalue weighted by molar-refractivity contribution is 5.72. The van der Waals surface area contributed by atoms with E-state index in [1.54, 1.807) is 0 Å². The monoisotopic (exact) mass is 233 g/mol. The van der Waals surface area contributed by atoms with Crippen LogP contribution >= 0.6 is 0 Å². The van der Waals surface area contributed by atoms with Crippen LogP contribution in [0.1, 0.15) is 24.8 Å². The van der Waals surface area contributed by atoms with Gasteiger partial charge in [0.25, 0.3) is 0 Å². The van der Waals surface area contributed by atoms with Crippen molar-refractivity contribution in [2.75, 3.05) is 13.1 Å². The Morgan fingerprint density at radius 2 is 2.18 bits per heavy atom. The average molecular weight is 233 g/mol. The molecule has 1 fully saturated rings. The summed E-state index contributed by atoms with van der Waals surface area (Å²) in [5, 5.41) is 3.29. The van der Waals surface area contributed by atoms with Gasteiger partial charge in [-0.1, -0.05) is 12.1 Å². The molecule has 1 N–H and O–H groups in total. The van der Waals surface area contributed by atoms with Crippen LogP contribution in [-0.4, -0.2) is 19.1 Å². The first-order chi connectivity index (χ1) is 8.24. The maximum absolute atomic E-state index is 11.7. The summed E-state index contributed by atoms with van der Waals surface area (Å²) in [4.78, 5) is 11.7. The van der Waals surface area contributed by atoms with Crippen LogP contribution in [0.5, 0.6) is 5.75 Å². The van der Waals surface area contributed by atoms with Crippen LogP contribution in [0.25, 0.3) is 0 Å². The zero-order valence-corrected chi connectivity index (χ0v) is 10.2. The summed E-state index contributed by atoms with van der Waals surface area (Å²) in [6.07, 6.45) is 2.68. The van der Waals surface area contributed by atoms with Crippen molar-refractivity contribution in [2.24, 2.45) is 5.92 Å². The number of esters is 1. The minimum Gasteiger partial charge on any atom is -0.427 e. The van der Waals surface area contributed by atoms with Gasteiger partial charge in [-0.2, -0.15) is 0 Å². The molecule has 1 aliphatic rings. The zero-order chi connectivity index (χ0) is 12.1. The van der Waals surface area contributed by atoms with Crippen molar-refractivity contribution in [3.05, 3.63) is 29.8 Å². The fourth-order valence-corrected chi connectivity index (χ4v) is 2.17. The lowest BCUT2D eigenvalue weighted by atomic mass is 9.95. The van der Waals surface area contributed by atoms with Crippen LogP contribution in [0, 0.1) is 12.8 Å². The molecule has 0 aliphatic carbocycles. The molecular formula is C14H19NO2. The third-order valence-electron chi connectivity index (χ3n) is 3.14. The first kappa shape index (κ1) is 12.1. The number of piperidine rings is 1. The molecular weight excluding hydrogens is 214 g/mol. The second kappa shape index (κ2) is 5.82. The molecule has 92 valence electrons. The Morgan fingerprint density at radius 1 is 1.41 bits per heavy atom. The molecule has 0 amide bonds. The van der Waals surface area contributed by atoms with Gasteiger partial charge in [0, 0.05) is 6.42 Å². The van der Waals surface area contributed by atoms with Gasteiger partial charge < -0.3 is 10.1 Å². The first-order valence-electron chi connectivity index (χ1n) is 6.22. The van der Waals surface area contributed by atoms with E-state index in [0.717, 1.165) is 31.5 Å². The second-order valence-corrected chi connectivity index (χ2v) is 4.69. The minimum absolute atomic E-state index is 0.109. The number of rotatable bonds is 3. The standard InChI is InChI=1S/C14H19NO2/c1-11-3-2-4-13(9-11)17-14(16)10-12-5-7-15-8-6-12/h2-4,9,12,15H,5-8,10H2,1H3. The Morgan fingerprint density at radius 3 is 2.88 bits per heavy atom. The average Bonchev–Trinajstić information content (AvgIpc) is 2.30. The van der Waals surface area contributed by atoms with E-state index >= 15 is 0 Å². The van der Waals surface area contributed by atoms with Gasteiger partial charge in [-0.15, -0.1) is 0 Å². The molecule has 0 atom stereocenters. The highest BCUT2D eigenvalue weighted by Crippen LogP contribution is 2.18. The van der Waals surface area contributed by atoms with Crippen LogP contribution in [0.15, 0.2) is 24.3 Å².